The van der Waals surface area contributed by atoms with Crippen molar-refractivity contribution in [1.29, 1.82) is 0 Å². The van der Waals surface area contributed by atoms with Crippen molar-refractivity contribution in [3.63, 3.8) is 0 Å². The van der Waals surface area contributed by atoms with Crippen LogP contribution in [0.4, 0.5) is 10.1 Å². The van der Waals surface area contributed by atoms with Gasteiger partial charge < -0.3 is 9.80 Å². The third-order valence-corrected chi connectivity index (χ3v) is 4.20. The highest BCUT2D eigenvalue weighted by Crippen LogP contribution is 2.20. The molecule has 0 unspecified atom stereocenters. The van der Waals surface area contributed by atoms with Crippen molar-refractivity contribution in [3.05, 3.63) is 30.1 Å². The molecule has 5 heteroatoms. The predicted octanol–water partition coefficient (Wildman–Crippen LogP) is 2.21. The molecule has 122 valence electrons. The maximum atomic E-state index is 13.8. The first-order chi connectivity index (χ1) is 10.6. The summed E-state index contributed by atoms with van der Waals surface area (Å²) in [6.07, 6.45) is 2.14. The Hall–Kier alpha value is -1.62. The molecular weight excluding hydrogens is 281 g/mol. The van der Waals surface area contributed by atoms with Crippen molar-refractivity contribution in [2.75, 3.05) is 51.2 Å². The summed E-state index contributed by atoms with van der Waals surface area (Å²) in [4.78, 5) is 18.2. The molecule has 1 saturated heterocycles. The van der Waals surface area contributed by atoms with E-state index < -0.39 is 0 Å². The highest BCUT2D eigenvalue weighted by atomic mass is 19.1. The van der Waals surface area contributed by atoms with Crippen molar-refractivity contribution in [3.8, 4) is 0 Å². The Morgan fingerprint density at radius 3 is 2.55 bits per heavy atom. The summed E-state index contributed by atoms with van der Waals surface area (Å²) in [5, 5.41) is 0. The van der Waals surface area contributed by atoms with E-state index in [0.29, 0.717) is 12.2 Å². The van der Waals surface area contributed by atoms with Gasteiger partial charge in [-0.25, -0.2) is 4.39 Å². The molecule has 1 heterocycles. The standard InChI is InChI=1S/C17H26FN3O/c1-3-4-9-19(2)17(22)14-20-10-12-21(13-11-20)16-8-6-5-7-15(16)18/h5-8H,3-4,9-14H2,1-2H3. The Bertz CT molecular complexity index is 487. The topological polar surface area (TPSA) is 26.8 Å². The number of anilines is 1. The van der Waals surface area contributed by atoms with E-state index in [0.717, 1.165) is 45.6 Å². The van der Waals surface area contributed by atoms with E-state index >= 15 is 0 Å². The molecule has 0 aromatic heterocycles. The minimum atomic E-state index is -0.175. The number of unbranched alkanes of at least 4 members (excludes halogenated alkanes) is 1. The van der Waals surface area contributed by atoms with E-state index in [4.69, 9.17) is 0 Å². The maximum Gasteiger partial charge on any atom is 0.236 e. The minimum Gasteiger partial charge on any atom is -0.367 e. The Kier molecular flexibility index (Phi) is 6.19. The average Bonchev–Trinajstić information content (AvgIpc) is 2.54. The molecule has 0 atom stereocenters. The number of para-hydroxylation sites is 1. The van der Waals surface area contributed by atoms with Crippen LogP contribution in [0.1, 0.15) is 19.8 Å². The van der Waals surface area contributed by atoms with Gasteiger partial charge in [-0.2, -0.15) is 0 Å². The summed E-state index contributed by atoms with van der Waals surface area (Å²) in [5.74, 6) is -0.000818. The van der Waals surface area contributed by atoms with Crippen LogP contribution in [0.3, 0.4) is 0 Å². The van der Waals surface area contributed by atoms with E-state index in [1.54, 1.807) is 6.07 Å². The second kappa shape index (κ2) is 8.13. The number of halogens is 1. The lowest BCUT2D eigenvalue weighted by Gasteiger charge is -2.36. The van der Waals surface area contributed by atoms with Gasteiger partial charge in [0, 0.05) is 39.8 Å². The van der Waals surface area contributed by atoms with Gasteiger partial charge in [-0.3, -0.25) is 9.69 Å². The van der Waals surface area contributed by atoms with Crippen LogP contribution in [0.2, 0.25) is 0 Å². The van der Waals surface area contributed by atoms with Gasteiger partial charge in [-0.05, 0) is 18.6 Å². The highest BCUT2D eigenvalue weighted by Gasteiger charge is 2.21. The number of piperazine rings is 1. The normalized spacial score (nSPS) is 15.9. The number of carbonyl (C=O) groups is 1. The molecule has 0 N–H and O–H groups in total. The van der Waals surface area contributed by atoms with Crippen LogP contribution in [0.25, 0.3) is 0 Å². The van der Waals surface area contributed by atoms with Crippen LogP contribution in [-0.2, 0) is 4.79 Å². The van der Waals surface area contributed by atoms with Crippen molar-refractivity contribution in [1.82, 2.24) is 9.80 Å². The fourth-order valence-corrected chi connectivity index (χ4v) is 2.69. The SMILES string of the molecule is CCCCN(C)C(=O)CN1CCN(c2ccccc2F)CC1. The molecule has 0 saturated carbocycles. The number of benzene rings is 1. The van der Waals surface area contributed by atoms with E-state index in [1.807, 2.05) is 24.1 Å². The van der Waals surface area contributed by atoms with Gasteiger partial charge in [0.2, 0.25) is 5.91 Å². The number of nitrogens with zero attached hydrogens (tertiary/aromatic N) is 3. The van der Waals surface area contributed by atoms with Crippen molar-refractivity contribution >= 4 is 11.6 Å². The molecule has 0 spiro atoms. The molecule has 0 radical (unpaired) electrons. The third-order valence-electron chi connectivity index (χ3n) is 4.20. The highest BCUT2D eigenvalue weighted by molar-refractivity contribution is 5.78. The molecule has 0 aliphatic carbocycles. The smallest absolute Gasteiger partial charge is 0.236 e. The zero-order valence-corrected chi connectivity index (χ0v) is 13.6. The summed E-state index contributed by atoms with van der Waals surface area (Å²) in [7, 11) is 1.87. The lowest BCUT2D eigenvalue weighted by Crippen LogP contribution is -2.50. The minimum absolute atomic E-state index is 0.174. The molecule has 1 aliphatic rings. The van der Waals surface area contributed by atoms with Crippen LogP contribution in [-0.4, -0.2) is 62.0 Å². The molecule has 22 heavy (non-hydrogen) atoms. The number of hydrogen-bond donors (Lipinski definition) is 0. The van der Waals surface area contributed by atoms with Crippen LogP contribution in [0.5, 0.6) is 0 Å². The summed E-state index contributed by atoms with van der Waals surface area (Å²) in [6.45, 7) is 6.51. The van der Waals surface area contributed by atoms with Gasteiger partial charge in [0.1, 0.15) is 5.82 Å². The zero-order chi connectivity index (χ0) is 15.9. The second-order valence-corrected chi connectivity index (χ2v) is 5.88. The number of amides is 1. The van der Waals surface area contributed by atoms with E-state index in [9.17, 15) is 9.18 Å². The fourth-order valence-electron chi connectivity index (χ4n) is 2.69. The Balaban J connectivity index is 1.80. The second-order valence-electron chi connectivity index (χ2n) is 5.88. The monoisotopic (exact) mass is 307 g/mol. The predicted molar refractivity (Wildman–Crippen MR) is 87.6 cm³/mol. The van der Waals surface area contributed by atoms with Gasteiger partial charge in [-0.1, -0.05) is 25.5 Å². The van der Waals surface area contributed by atoms with Crippen LogP contribution in [0, 0.1) is 5.82 Å². The van der Waals surface area contributed by atoms with Crippen LogP contribution in [0.15, 0.2) is 24.3 Å². The molecule has 1 fully saturated rings. The average molecular weight is 307 g/mol. The summed E-state index contributed by atoms with van der Waals surface area (Å²) < 4.78 is 13.8. The Morgan fingerprint density at radius 1 is 1.23 bits per heavy atom. The first-order valence-corrected chi connectivity index (χ1v) is 8.07. The molecule has 4 nitrogen and oxygen atoms in total. The Labute approximate surface area is 132 Å². The molecular formula is C17H26FN3O. The van der Waals surface area contributed by atoms with Crippen molar-refractivity contribution < 1.29 is 9.18 Å². The summed E-state index contributed by atoms with van der Waals surface area (Å²) in [5.41, 5.74) is 0.661. The summed E-state index contributed by atoms with van der Waals surface area (Å²) >= 11 is 0. The number of hydrogen-bond acceptors (Lipinski definition) is 3. The molecule has 1 amide bonds. The van der Waals surface area contributed by atoms with Gasteiger partial charge in [-0.15, -0.1) is 0 Å². The molecule has 0 bridgehead atoms. The van der Waals surface area contributed by atoms with E-state index in [-0.39, 0.29) is 11.7 Å². The zero-order valence-electron chi connectivity index (χ0n) is 13.6. The van der Waals surface area contributed by atoms with Crippen molar-refractivity contribution in [2.45, 2.75) is 19.8 Å². The quantitative estimate of drug-likeness (QED) is 0.806. The fraction of sp³-hybridized carbons (Fsp3) is 0.588. The van der Waals surface area contributed by atoms with Gasteiger partial charge in [0.25, 0.3) is 0 Å². The van der Waals surface area contributed by atoms with Gasteiger partial charge >= 0.3 is 0 Å². The van der Waals surface area contributed by atoms with E-state index in [2.05, 4.69) is 16.7 Å². The van der Waals surface area contributed by atoms with Gasteiger partial charge in [0.05, 0.1) is 12.2 Å². The van der Waals surface area contributed by atoms with Crippen LogP contribution >= 0.6 is 0 Å². The largest absolute Gasteiger partial charge is 0.367 e. The lowest BCUT2D eigenvalue weighted by molar-refractivity contribution is -0.131. The van der Waals surface area contributed by atoms with Crippen molar-refractivity contribution in [2.24, 2.45) is 0 Å². The first kappa shape index (κ1) is 16.7. The molecule has 2 rings (SSSR count). The van der Waals surface area contributed by atoms with Gasteiger partial charge in [0.15, 0.2) is 0 Å². The molecule has 1 aliphatic heterocycles. The third kappa shape index (κ3) is 4.44. The maximum absolute atomic E-state index is 13.8. The lowest BCUT2D eigenvalue weighted by atomic mass is 10.2. The number of carbonyl (C=O) groups excluding carboxylic acids is 1. The molecule has 1 aromatic carbocycles. The number of likely N-dealkylation sites (N-methyl/N-ethyl adjacent to an activating group) is 1. The first-order valence-electron chi connectivity index (χ1n) is 8.07. The summed E-state index contributed by atoms with van der Waals surface area (Å²) in [6, 6.07) is 6.87. The molecule has 1 aromatic rings. The number of rotatable bonds is 6. The Morgan fingerprint density at radius 2 is 1.91 bits per heavy atom. The van der Waals surface area contributed by atoms with Crippen LogP contribution < -0.4 is 4.90 Å². The van der Waals surface area contributed by atoms with E-state index in [1.165, 1.54) is 6.07 Å².